The van der Waals surface area contributed by atoms with E-state index in [1.165, 1.54) is 0 Å². The highest BCUT2D eigenvalue weighted by Crippen LogP contribution is 2.35. The molecule has 1 saturated carbocycles. The number of ether oxygens (including phenoxy) is 2. The molecule has 3 amide bonds. The molecule has 2 rings (SSSR count). The first-order valence-electron chi connectivity index (χ1n) is 13.5. The fourth-order valence-corrected chi connectivity index (χ4v) is 4.33. The zero-order chi connectivity index (χ0) is 28.5. The van der Waals surface area contributed by atoms with Crippen LogP contribution < -0.4 is 16.0 Å². The van der Waals surface area contributed by atoms with Gasteiger partial charge in [-0.1, -0.05) is 58.0 Å². The van der Waals surface area contributed by atoms with Gasteiger partial charge in [-0.2, -0.15) is 0 Å². The van der Waals surface area contributed by atoms with Crippen molar-refractivity contribution in [3.05, 3.63) is 35.9 Å². The Balaban J connectivity index is 2.01. The topological polar surface area (TPSA) is 123 Å². The number of carbonyl (C=O) groups is 4. The maximum absolute atomic E-state index is 13.2. The van der Waals surface area contributed by atoms with Crippen LogP contribution in [-0.2, 0) is 30.5 Å². The third-order valence-corrected chi connectivity index (χ3v) is 6.37. The summed E-state index contributed by atoms with van der Waals surface area (Å²) in [6, 6.07) is 7.77. The molecule has 1 aromatic carbocycles. The van der Waals surface area contributed by atoms with E-state index in [0.29, 0.717) is 19.3 Å². The van der Waals surface area contributed by atoms with Crippen molar-refractivity contribution in [3.63, 3.8) is 0 Å². The van der Waals surface area contributed by atoms with Crippen LogP contribution in [0.15, 0.2) is 30.3 Å². The summed E-state index contributed by atoms with van der Waals surface area (Å²) in [7, 11) is 0. The molecule has 0 bridgehead atoms. The van der Waals surface area contributed by atoms with Crippen molar-refractivity contribution >= 4 is 23.9 Å². The van der Waals surface area contributed by atoms with Crippen LogP contribution in [0.1, 0.15) is 86.1 Å². The molecule has 0 saturated heterocycles. The summed E-state index contributed by atoms with van der Waals surface area (Å²) < 4.78 is 10.8. The second-order valence-corrected chi connectivity index (χ2v) is 12.0. The third-order valence-electron chi connectivity index (χ3n) is 6.37. The molecule has 0 unspecified atom stereocenters. The molecule has 0 aliphatic heterocycles. The number of hydrogen-bond donors (Lipinski definition) is 3. The van der Waals surface area contributed by atoms with Gasteiger partial charge in [0, 0.05) is 12.0 Å². The number of hydrogen-bond acceptors (Lipinski definition) is 6. The van der Waals surface area contributed by atoms with E-state index in [9.17, 15) is 19.2 Å². The summed E-state index contributed by atoms with van der Waals surface area (Å²) in [6.07, 6.45) is 1.95. The minimum absolute atomic E-state index is 0.0382. The molecule has 3 N–H and O–H groups in total. The van der Waals surface area contributed by atoms with E-state index in [0.717, 1.165) is 12.0 Å². The third kappa shape index (κ3) is 10.3. The Labute approximate surface area is 226 Å². The van der Waals surface area contributed by atoms with Gasteiger partial charge in [-0.25, -0.2) is 9.59 Å². The number of alkyl carbamates (subject to hydrolysis) is 1. The fourth-order valence-electron chi connectivity index (χ4n) is 4.33. The van der Waals surface area contributed by atoms with Gasteiger partial charge in [-0.05, 0) is 63.9 Å². The van der Waals surface area contributed by atoms with Gasteiger partial charge < -0.3 is 25.4 Å². The molecule has 212 valence electrons. The van der Waals surface area contributed by atoms with Crippen molar-refractivity contribution in [2.24, 2.45) is 11.8 Å². The number of rotatable bonds is 12. The summed E-state index contributed by atoms with van der Waals surface area (Å²) in [5.41, 5.74) is -0.545. The van der Waals surface area contributed by atoms with E-state index in [1.54, 1.807) is 20.8 Å². The first-order chi connectivity index (χ1) is 17.7. The quantitative estimate of drug-likeness (QED) is 0.347. The molecule has 0 radical (unpaired) electrons. The van der Waals surface area contributed by atoms with Gasteiger partial charge in [0.25, 0.3) is 0 Å². The summed E-state index contributed by atoms with van der Waals surface area (Å²) in [4.78, 5) is 51.4. The Morgan fingerprint density at radius 1 is 0.974 bits per heavy atom. The van der Waals surface area contributed by atoms with Crippen molar-refractivity contribution in [1.82, 2.24) is 16.0 Å². The standard InChI is InChI=1S/C29H45N3O6/c1-19(2)16-22(26(35)37-18-21-12-9-8-10-13-21)30-23(33)17-29(14-11-15-29)32-25(34)24(20(3)4)31-27(36)38-28(5,6)7/h8-10,12-13,19-20,22,24H,11,14-18H2,1-7H3,(H,30,33)(H,31,36)(H,32,34)/t22-,24-/m0/s1. The maximum atomic E-state index is 13.2. The van der Waals surface area contributed by atoms with Gasteiger partial charge in [-0.15, -0.1) is 0 Å². The molecule has 2 atom stereocenters. The average Bonchev–Trinajstić information content (AvgIpc) is 2.78. The van der Waals surface area contributed by atoms with E-state index < -0.39 is 35.3 Å². The van der Waals surface area contributed by atoms with Crippen molar-refractivity contribution in [2.75, 3.05) is 0 Å². The fraction of sp³-hybridized carbons (Fsp3) is 0.655. The number of amides is 3. The molecule has 1 aromatic rings. The Morgan fingerprint density at radius 2 is 1.61 bits per heavy atom. The molecule has 1 aliphatic carbocycles. The molecule has 38 heavy (non-hydrogen) atoms. The van der Waals surface area contributed by atoms with Crippen LogP contribution in [0.5, 0.6) is 0 Å². The normalized spacial score (nSPS) is 16.1. The second-order valence-electron chi connectivity index (χ2n) is 12.0. The molecule has 9 nitrogen and oxygen atoms in total. The molecule has 0 heterocycles. The van der Waals surface area contributed by atoms with Crippen molar-refractivity contribution in [2.45, 2.75) is 110 Å². The van der Waals surface area contributed by atoms with Gasteiger partial charge in [0.05, 0.1) is 0 Å². The Kier molecular flexibility index (Phi) is 11.2. The number of benzene rings is 1. The predicted octanol–water partition coefficient (Wildman–Crippen LogP) is 4.24. The van der Waals surface area contributed by atoms with Gasteiger partial charge in [0.1, 0.15) is 24.3 Å². The Morgan fingerprint density at radius 3 is 2.11 bits per heavy atom. The lowest BCUT2D eigenvalue weighted by molar-refractivity contribution is -0.150. The van der Waals surface area contributed by atoms with Crippen molar-refractivity contribution in [1.29, 1.82) is 0 Å². The minimum atomic E-state index is -0.813. The van der Waals surface area contributed by atoms with Crippen LogP contribution in [0.2, 0.25) is 0 Å². The minimum Gasteiger partial charge on any atom is -0.459 e. The SMILES string of the molecule is CC(C)C[C@H](NC(=O)CC1(NC(=O)[C@@H](NC(=O)OC(C)(C)C)C(C)C)CCC1)C(=O)OCc1ccccc1. The Bertz CT molecular complexity index is 951. The van der Waals surface area contributed by atoms with Crippen LogP contribution >= 0.6 is 0 Å². The smallest absolute Gasteiger partial charge is 0.408 e. The monoisotopic (exact) mass is 531 g/mol. The van der Waals surface area contributed by atoms with Crippen LogP contribution in [0.4, 0.5) is 4.79 Å². The zero-order valence-electron chi connectivity index (χ0n) is 23.9. The molecule has 1 aliphatic rings. The van der Waals surface area contributed by atoms with Crippen LogP contribution in [0.25, 0.3) is 0 Å². The first-order valence-corrected chi connectivity index (χ1v) is 13.5. The van der Waals surface area contributed by atoms with E-state index in [1.807, 2.05) is 58.0 Å². The number of nitrogens with one attached hydrogen (secondary N) is 3. The predicted molar refractivity (Wildman–Crippen MR) is 145 cm³/mol. The second kappa shape index (κ2) is 13.6. The maximum Gasteiger partial charge on any atom is 0.408 e. The highest BCUT2D eigenvalue weighted by molar-refractivity contribution is 5.88. The van der Waals surface area contributed by atoms with Crippen LogP contribution in [0, 0.1) is 11.8 Å². The molecule has 1 fully saturated rings. The van der Waals surface area contributed by atoms with Crippen molar-refractivity contribution < 1.29 is 28.7 Å². The lowest BCUT2D eigenvalue weighted by Gasteiger charge is -2.43. The van der Waals surface area contributed by atoms with Crippen molar-refractivity contribution in [3.8, 4) is 0 Å². The molecular weight excluding hydrogens is 486 g/mol. The summed E-state index contributed by atoms with van der Waals surface area (Å²) in [5.74, 6) is -1.20. The number of esters is 1. The van der Waals surface area contributed by atoms with Gasteiger partial charge in [-0.3, -0.25) is 9.59 Å². The summed E-state index contributed by atoms with van der Waals surface area (Å²) in [6.45, 7) is 13.0. The lowest BCUT2D eigenvalue weighted by Crippen LogP contribution is -2.61. The summed E-state index contributed by atoms with van der Waals surface area (Å²) >= 11 is 0. The Hall–Kier alpha value is -3.10. The van der Waals surface area contributed by atoms with Gasteiger partial charge in [0.15, 0.2) is 0 Å². The average molecular weight is 532 g/mol. The van der Waals surface area contributed by atoms with E-state index in [-0.39, 0.29) is 36.7 Å². The molecule has 0 aromatic heterocycles. The van der Waals surface area contributed by atoms with Crippen LogP contribution in [0.3, 0.4) is 0 Å². The molecule has 9 heteroatoms. The molecular formula is C29H45N3O6. The zero-order valence-corrected chi connectivity index (χ0v) is 23.9. The van der Waals surface area contributed by atoms with Crippen LogP contribution in [-0.4, -0.2) is 47.1 Å². The van der Waals surface area contributed by atoms with Gasteiger partial charge >= 0.3 is 12.1 Å². The molecule has 0 spiro atoms. The van der Waals surface area contributed by atoms with E-state index in [4.69, 9.17) is 9.47 Å². The van der Waals surface area contributed by atoms with E-state index in [2.05, 4.69) is 16.0 Å². The summed E-state index contributed by atoms with van der Waals surface area (Å²) in [5, 5.41) is 8.51. The first kappa shape index (κ1) is 31.1. The van der Waals surface area contributed by atoms with Gasteiger partial charge in [0.2, 0.25) is 11.8 Å². The lowest BCUT2D eigenvalue weighted by atomic mass is 9.73. The number of carbonyl (C=O) groups excluding carboxylic acids is 4. The largest absolute Gasteiger partial charge is 0.459 e. The highest BCUT2D eigenvalue weighted by Gasteiger charge is 2.42. The highest BCUT2D eigenvalue weighted by atomic mass is 16.6. The van der Waals surface area contributed by atoms with E-state index >= 15 is 0 Å².